The minimum Gasteiger partial charge on any atom is -0.324 e. The van der Waals surface area contributed by atoms with Gasteiger partial charge in [-0.1, -0.05) is 12.1 Å². The van der Waals surface area contributed by atoms with Crippen LogP contribution >= 0.6 is 11.8 Å². The maximum Gasteiger partial charge on any atom is 0.446 e. The van der Waals surface area contributed by atoms with Crippen LogP contribution in [0.1, 0.15) is 0 Å². The van der Waals surface area contributed by atoms with E-state index in [4.69, 9.17) is 0 Å². The van der Waals surface area contributed by atoms with Crippen LogP contribution in [-0.4, -0.2) is 49.0 Å². The van der Waals surface area contributed by atoms with Gasteiger partial charge in [0.2, 0.25) is 5.91 Å². The van der Waals surface area contributed by atoms with E-state index >= 15 is 0 Å². The molecule has 8 heteroatoms. The summed E-state index contributed by atoms with van der Waals surface area (Å²) in [4.78, 5) is 13.9. The first kappa shape index (κ1) is 16.1. The van der Waals surface area contributed by atoms with Crippen molar-refractivity contribution < 1.29 is 18.0 Å². The largest absolute Gasteiger partial charge is 0.446 e. The van der Waals surface area contributed by atoms with Gasteiger partial charge >= 0.3 is 5.51 Å². The van der Waals surface area contributed by atoms with Crippen LogP contribution in [0.4, 0.5) is 18.9 Å². The number of para-hydroxylation sites is 1. The van der Waals surface area contributed by atoms with Crippen molar-refractivity contribution in [3.63, 3.8) is 0 Å². The van der Waals surface area contributed by atoms with E-state index in [1.165, 1.54) is 18.2 Å². The van der Waals surface area contributed by atoms with E-state index in [1.54, 1.807) is 6.07 Å². The number of thioether (sulfide) groups is 1. The van der Waals surface area contributed by atoms with Gasteiger partial charge < -0.3 is 10.6 Å². The molecular formula is C13H16F3N3OS. The summed E-state index contributed by atoms with van der Waals surface area (Å²) in [7, 11) is 0. The highest BCUT2D eigenvalue weighted by Gasteiger charge is 2.30. The lowest BCUT2D eigenvalue weighted by atomic mass is 10.3. The number of nitrogens with one attached hydrogen (secondary N) is 2. The fraction of sp³-hybridized carbons (Fsp3) is 0.462. The van der Waals surface area contributed by atoms with Gasteiger partial charge in [0.1, 0.15) is 0 Å². The van der Waals surface area contributed by atoms with Crippen molar-refractivity contribution in [3.8, 4) is 0 Å². The second-order valence-electron chi connectivity index (χ2n) is 4.62. The van der Waals surface area contributed by atoms with Gasteiger partial charge in [0.05, 0.1) is 12.2 Å². The first-order valence-electron chi connectivity index (χ1n) is 6.52. The van der Waals surface area contributed by atoms with Gasteiger partial charge in [-0.3, -0.25) is 9.69 Å². The van der Waals surface area contributed by atoms with Crippen molar-refractivity contribution in [1.82, 2.24) is 10.2 Å². The predicted molar refractivity (Wildman–Crippen MR) is 76.3 cm³/mol. The molecule has 21 heavy (non-hydrogen) atoms. The average molecular weight is 319 g/mol. The summed E-state index contributed by atoms with van der Waals surface area (Å²) < 4.78 is 37.4. The SMILES string of the molecule is O=C(CN1CCNCC1)Nc1ccccc1SC(F)(F)F. The molecule has 4 nitrogen and oxygen atoms in total. The van der Waals surface area contributed by atoms with E-state index < -0.39 is 5.51 Å². The van der Waals surface area contributed by atoms with E-state index in [0.29, 0.717) is 0 Å². The summed E-state index contributed by atoms with van der Waals surface area (Å²) in [6.07, 6.45) is 0. The highest BCUT2D eigenvalue weighted by molar-refractivity contribution is 8.00. The molecule has 1 amide bonds. The van der Waals surface area contributed by atoms with Gasteiger partial charge in [0.15, 0.2) is 0 Å². The van der Waals surface area contributed by atoms with Crippen LogP contribution in [0.25, 0.3) is 0 Å². The Morgan fingerprint density at radius 3 is 2.62 bits per heavy atom. The number of rotatable bonds is 4. The summed E-state index contributed by atoms with van der Waals surface area (Å²) in [5, 5.41) is 5.73. The third-order valence-corrected chi connectivity index (χ3v) is 3.77. The summed E-state index contributed by atoms with van der Waals surface area (Å²) in [5.74, 6) is -0.299. The molecule has 0 saturated carbocycles. The second kappa shape index (κ2) is 7.15. The van der Waals surface area contributed by atoms with Crippen molar-refractivity contribution in [1.29, 1.82) is 0 Å². The number of carbonyl (C=O) groups is 1. The molecule has 1 aromatic rings. The Balaban J connectivity index is 1.96. The Morgan fingerprint density at radius 1 is 1.29 bits per heavy atom. The van der Waals surface area contributed by atoms with Gasteiger partial charge in [0, 0.05) is 31.1 Å². The minimum absolute atomic E-state index is 0.00124. The van der Waals surface area contributed by atoms with Gasteiger partial charge in [-0.25, -0.2) is 0 Å². The molecule has 0 aromatic heterocycles. The molecule has 0 unspecified atom stereocenters. The molecule has 1 fully saturated rings. The number of nitrogens with zero attached hydrogens (tertiary/aromatic N) is 1. The van der Waals surface area contributed by atoms with Crippen LogP contribution in [0.5, 0.6) is 0 Å². The number of benzene rings is 1. The number of amides is 1. The van der Waals surface area contributed by atoms with Gasteiger partial charge in [-0.15, -0.1) is 0 Å². The molecule has 0 aliphatic carbocycles. The summed E-state index contributed by atoms with van der Waals surface area (Å²) in [6, 6.07) is 5.93. The first-order chi connectivity index (χ1) is 9.94. The lowest BCUT2D eigenvalue weighted by Crippen LogP contribution is -2.46. The highest BCUT2D eigenvalue weighted by Crippen LogP contribution is 2.40. The first-order valence-corrected chi connectivity index (χ1v) is 7.33. The van der Waals surface area contributed by atoms with Crippen molar-refractivity contribution in [3.05, 3.63) is 24.3 Å². The smallest absolute Gasteiger partial charge is 0.324 e. The molecule has 116 valence electrons. The Bertz CT molecular complexity index is 490. The van der Waals surface area contributed by atoms with Gasteiger partial charge in [0.25, 0.3) is 0 Å². The molecule has 1 heterocycles. The Hall–Kier alpha value is -1.25. The number of halogens is 3. The minimum atomic E-state index is -4.38. The lowest BCUT2D eigenvalue weighted by Gasteiger charge is -2.26. The highest BCUT2D eigenvalue weighted by atomic mass is 32.2. The number of anilines is 1. The van der Waals surface area contributed by atoms with E-state index in [0.717, 1.165) is 26.2 Å². The summed E-state index contributed by atoms with van der Waals surface area (Å²) in [6.45, 7) is 3.33. The monoisotopic (exact) mass is 319 g/mol. The van der Waals surface area contributed by atoms with Crippen molar-refractivity contribution in [2.24, 2.45) is 0 Å². The lowest BCUT2D eigenvalue weighted by molar-refractivity contribution is -0.117. The summed E-state index contributed by atoms with van der Waals surface area (Å²) >= 11 is -0.223. The average Bonchev–Trinajstić information content (AvgIpc) is 2.40. The number of hydrogen-bond acceptors (Lipinski definition) is 4. The van der Waals surface area contributed by atoms with Crippen LogP contribution in [-0.2, 0) is 4.79 Å². The molecule has 0 atom stereocenters. The second-order valence-corrected chi connectivity index (χ2v) is 5.73. The van der Waals surface area contributed by atoms with Crippen LogP contribution in [0.2, 0.25) is 0 Å². The molecule has 2 rings (SSSR count). The van der Waals surface area contributed by atoms with Gasteiger partial charge in [-0.2, -0.15) is 13.2 Å². The zero-order chi connectivity index (χ0) is 15.3. The third-order valence-electron chi connectivity index (χ3n) is 2.96. The maximum absolute atomic E-state index is 12.5. The zero-order valence-electron chi connectivity index (χ0n) is 11.2. The molecule has 0 spiro atoms. The molecule has 1 aliphatic heterocycles. The van der Waals surface area contributed by atoms with Crippen LogP contribution in [0, 0.1) is 0 Å². The van der Waals surface area contributed by atoms with Gasteiger partial charge in [-0.05, 0) is 23.9 Å². The quantitative estimate of drug-likeness (QED) is 0.835. The Labute approximate surface area is 125 Å². The molecule has 1 saturated heterocycles. The third kappa shape index (κ3) is 5.56. The summed E-state index contributed by atoms with van der Waals surface area (Å²) in [5.41, 5.74) is -4.18. The number of alkyl halides is 3. The Kier molecular flexibility index (Phi) is 5.49. The van der Waals surface area contributed by atoms with Crippen LogP contribution in [0.15, 0.2) is 29.2 Å². The maximum atomic E-state index is 12.5. The molecular weight excluding hydrogens is 303 g/mol. The standard InChI is InChI=1S/C13H16F3N3OS/c14-13(15,16)21-11-4-2-1-3-10(11)18-12(20)9-19-7-5-17-6-8-19/h1-4,17H,5-9H2,(H,18,20). The topological polar surface area (TPSA) is 44.4 Å². The number of piperazine rings is 1. The number of hydrogen-bond donors (Lipinski definition) is 2. The van der Waals surface area contributed by atoms with Crippen molar-refractivity contribution in [2.45, 2.75) is 10.4 Å². The van der Waals surface area contributed by atoms with Crippen molar-refractivity contribution in [2.75, 3.05) is 38.0 Å². The van der Waals surface area contributed by atoms with Crippen LogP contribution < -0.4 is 10.6 Å². The van der Waals surface area contributed by atoms with E-state index in [1.807, 2.05) is 4.90 Å². The van der Waals surface area contributed by atoms with Crippen LogP contribution in [0.3, 0.4) is 0 Å². The predicted octanol–water partition coefficient (Wildman–Crippen LogP) is 2.14. The van der Waals surface area contributed by atoms with E-state index in [-0.39, 0.29) is 34.8 Å². The fourth-order valence-electron chi connectivity index (χ4n) is 2.05. The normalized spacial score (nSPS) is 16.7. The molecule has 1 aromatic carbocycles. The van der Waals surface area contributed by atoms with E-state index in [9.17, 15) is 18.0 Å². The van der Waals surface area contributed by atoms with Crippen molar-refractivity contribution >= 4 is 23.4 Å². The molecule has 2 N–H and O–H groups in total. The molecule has 0 bridgehead atoms. The van der Waals surface area contributed by atoms with E-state index in [2.05, 4.69) is 10.6 Å². The Morgan fingerprint density at radius 2 is 1.95 bits per heavy atom. The fourth-order valence-corrected chi connectivity index (χ4v) is 2.67. The molecule has 1 aliphatic rings. The molecule has 0 radical (unpaired) electrons. The number of carbonyl (C=O) groups excluding carboxylic acids is 1. The zero-order valence-corrected chi connectivity index (χ0v) is 12.1.